The van der Waals surface area contributed by atoms with Gasteiger partial charge in [-0.15, -0.1) is 0 Å². The van der Waals surface area contributed by atoms with E-state index in [1.165, 1.54) is 0 Å². The topological polar surface area (TPSA) is 38.1 Å². The molecule has 1 N–H and O–H groups in total. The molecule has 1 aliphatic carbocycles. The zero-order valence-corrected chi connectivity index (χ0v) is 11.8. The average molecular weight is 290 g/mol. The minimum absolute atomic E-state index is 0.121. The van der Waals surface area contributed by atoms with Gasteiger partial charge < -0.3 is 9.73 Å². The van der Waals surface area contributed by atoms with Crippen LogP contribution in [-0.2, 0) is 6.54 Å². The monoisotopic (exact) mass is 290 g/mol. The second kappa shape index (κ2) is 6.16. The Morgan fingerprint density at radius 1 is 1.40 bits per heavy atom. The third kappa shape index (κ3) is 3.98. The quantitative estimate of drug-likeness (QED) is 0.910. The number of nitrogens with zero attached hydrogens (tertiary/aromatic N) is 1. The van der Waals surface area contributed by atoms with Gasteiger partial charge in [-0.25, -0.2) is 4.98 Å². The van der Waals surface area contributed by atoms with E-state index in [1.54, 1.807) is 6.20 Å². The van der Waals surface area contributed by atoms with Crippen molar-refractivity contribution in [2.75, 3.05) is 0 Å². The molecule has 3 nitrogen and oxygen atoms in total. The lowest BCUT2D eigenvalue weighted by Gasteiger charge is -2.29. The van der Waals surface area contributed by atoms with Gasteiger partial charge in [0.25, 0.3) is 0 Å². The fourth-order valence-corrected chi connectivity index (χ4v) is 2.63. The second-order valence-electron chi connectivity index (χ2n) is 5.79. The van der Waals surface area contributed by atoms with Crippen LogP contribution < -0.4 is 5.32 Å². The van der Waals surface area contributed by atoms with Crippen molar-refractivity contribution in [3.05, 3.63) is 17.8 Å². The number of oxazole rings is 1. The van der Waals surface area contributed by atoms with Crippen LogP contribution in [0.25, 0.3) is 0 Å². The van der Waals surface area contributed by atoms with Crippen molar-refractivity contribution in [3.63, 3.8) is 0 Å². The van der Waals surface area contributed by atoms with Crippen molar-refractivity contribution < 1.29 is 17.6 Å². The van der Waals surface area contributed by atoms with Gasteiger partial charge in [0.2, 0.25) is 5.89 Å². The number of hydrogen-bond donors (Lipinski definition) is 1. The van der Waals surface area contributed by atoms with Crippen molar-refractivity contribution in [2.24, 2.45) is 5.92 Å². The molecule has 1 aliphatic rings. The Labute approximate surface area is 117 Å². The van der Waals surface area contributed by atoms with E-state index in [9.17, 15) is 13.2 Å². The molecule has 0 aromatic carbocycles. The molecule has 1 aromatic heterocycles. The summed E-state index contributed by atoms with van der Waals surface area (Å²) in [6.45, 7) is 4.53. The summed E-state index contributed by atoms with van der Waals surface area (Å²) in [5, 5.41) is 3.17. The van der Waals surface area contributed by atoms with Crippen LogP contribution in [0.2, 0.25) is 0 Å². The number of rotatable bonds is 4. The Bertz CT molecular complexity index is 428. The van der Waals surface area contributed by atoms with Gasteiger partial charge in [-0.3, -0.25) is 0 Å². The maximum absolute atomic E-state index is 12.8. The highest BCUT2D eigenvalue weighted by atomic mass is 19.4. The van der Waals surface area contributed by atoms with E-state index in [4.69, 9.17) is 4.42 Å². The zero-order chi connectivity index (χ0) is 14.8. The smallest absolute Gasteiger partial charge is 0.391 e. The van der Waals surface area contributed by atoms with Gasteiger partial charge in [0.05, 0.1) is 18.7 Å². The largest absolute Gasteiger partial charge is 0.444 e. The van der Waals surface area contributed by atoms with Crippen molar-refractivity contribution in [1.29, 1.82) is 0 Å². The van der Waals surface area contributed by atoms with Crippen LogP contribution in [0.4, 0.5) is 13.2 Å². The van der Waals surface area contributed by atoms with E-state index >= 15 is 0 Å². The summed E-state index contributed by atoms with van der Waals surface area (Å²) in [6.07, 6.45) is -0.818. The van der Waals surface area contributed by atoms with Crippen LogP contribution in [0, 0.1) is 5.92 Å². The van der Waals surface area contributed by atoms with E-state index < -0.39 is 12.1 Å². The predicted molar refractivity (Wildman–Crippen MR) is 69.2 cm³/mol. The van der Waals surface area contributed by atoms with Gasteiger partial charge in [-0.05, 0) is 19.3 Å². The highest BCUT2D eigenvalue weighted by Crippen LogP contribution is 2.43. The molecule has 20 heavy (non-hydrogen) atoms. The lowest BCUT2D eigenvalue weighted by atomic mass is 9.80. The van der Waals surface area contributed by atoms with E-state index in [2.05, 4.69) is 10.3 Å². The molecule has 6 heteroatoms. The van der Waals surface area contributed by atoms with E-state index in [0.717, 1.165) is 6.42 Å². The second-order valence-corrected chi connectivity index (χ2v) is 5.79. The molecule has 0 radical (unpaired) electrons. The molecule has 0 aliphatic heterocycles. The SMILES string of the molecule is CC(C)NCc1ncc(C2CCCC(C(F)(F)F)C2)o1. The Hall–Kier alpha value is -1.04. The molecule has 2 unspecified atom stereocenters. The molecule has 0 bridgehead atoms. The molecule has 2 atom stereocenters. The molecule has 2 rings (SSSR count). The highest BCUT2D eigenvalue weighted by molar-refractivity contribution is 5.04. The Morgan fingerprint density at radius 2 is 2.15 bits per heavy atom. The van der Waals surface area contributed by atoms with Crippen molar-refractivity contribution in [3.8, 4) is 0 Å². The minimum Gasteiger partial charge on any atom is -0.444 e. The molecular formula is C14H21F3N2O. The van der Waals surface area contributed by atoms with Crippen LogP contribution in [0.3, 0.4) is 0 Å². The summed E-state index contributed by atoms with van der Waals surface area (Å²) in [5.74, 6) is -0.221. The third-order valence-electron chi connectivity index (χ3n) is 3.77. The fraction of sp³-hybridized carbons (Fsp3) is 0.786. The van der Waals surface area contributed by atoms with Crippen LogP contribution >= 0.6 is 0 Å². The third-order valence-corrected chi connectivity index (χ3v) is 3.77. The first-order valence-electron chi connectivity index (χ1n) is 7.11. The Balaban J connectivity index is 1.97. The van der Waals surface area contributed by atoms with Crippen LogP contribution in [0.1, 0.15) is 57.1 Å². The summed E-state index contributed by atoms with van der Waals surface area (Å²) in [6, 6.07) is 0.314. The first-order valence-corrected chi connectivity index (χ1v) is 7.11. The normalized spacial score (nSPS) is 24.3. The number of aromatic nitrogens is 1. The van der Waals surface area contributed by atoms with Crippen LogP contribution in [-0.4, -0.2) is 17.2 Å². The zero-order valence-electron chi connectivity index (χ0n) is 11.8. The lowest BCUT2D eigenvalue weighted by Crippen LogP contribution is -2.27. The van der Waals surface area contributed by atoms with E-state index in [1.807, 2.05) is 13.8 Å². The summed E-state index contributed by atoms with van der Waals surface area (Å²) in [7, 11) is 0. The van der Waals surface area contributed by atoms with Gasteiger partial charge in [0, 0.05) is 12.0 Å². The van der Waals surface area contributed by atoms with Gasteiger partial charge in [-0.2, -0.15) is 13.2 Å². The minimum atomic E-state index is -4.10. The number of hydrogen-bond acceptors (Lipinski definition) is 3. The predicted octanol–water partition coefficient (Wildman–Crippen LogP) is 4.01. The molecule has 1 aromatic rings. The first-order chi connectivity index (χ1) is 9.36. The molecule has 114 valence electrons. The van der Waals surface area contributed by atoms with Gasteiger partial charge >= 0.3 is 6.18 Å². The average Bonchev–Trinajstić information content (AvgIpc) is 2.84. The van der Waals surface area contributed by atoms with Gasteiger partial charge in [0.1, 0.15) is 5.76 Å². The van der Waals surface area contributed by atoms with Gasteiger partial charge in [0.15, 0.2) is 0 Å². The van der Waals surface area contributed by atoms with Crippen LogP contribution in [0.5, 0.6) is 0 Å². The maximum atomic E-state index is 12.8. The fourth-order valence-electron chi connectivity index (χ4n) is 2.63. The Kier molecular flexibility index (Phi) is 4.73. The number of alkyl halides is 3. The molecule has 1 fully saturated rings. The molecule has 0 spiro atoms. The molecular weight excluding hydrogens is 269 g/mol. The van der Waals surface area contributed by atoms with Crippen LogP contribution in [0.15, 0.2) is 10.6 Å². The highest BCUT2D eigenvalue weighted by Gasteiger charge is 2.43. The maximum Gasteiger partial charge on any atom is 0.391 e. The van der Waals surface area contributed by atoms with Crippen molar-refractivity contribution >= 4 is 0 Å². The van der Waals surface area contributed by atoms with E-state index in [0.29, 0.717) is 30.7 Å². The summed E-state index contributed by atoms with van der Waals surface area (Å²) in [5.41, 5.74) is 0. The molecule has 1 heterocycles. The molecule has 1 saturated carbocycles. The van der Waals surface area contributed by atoms with Crippen molar-refractivity contribution in [2.45, 2.75) is 64.2 Å². The van der Waals surface area contributed by atoms with Gasteiger partial charge in [-0.1, -0.05) is 20.3 Å². The molecule has 0 amide bonds. The number of halogens is 3. The summed E-state index contributed by atoms with van der Waals surface area (Å²) < 4.78 is 44.0. The van der Waals surface area contributed by atoms with E-state index in [-0.39, 0.29) is 18.8 Å². The number of nitrogens with one attached hydrogen (secondary N) is 1. The summed E-state index contributed by atoms with van der Waals surface area (Å²) in [4.78, 5) is 4.14. The Morgan fingerprint density at radius 3 is 2.80 bits per heavy atom. The standard InChI is InChI=1S/C14H21F3N2O/c1-9(2)18-8-13-19-7-12(20-13)10-4-3-5-11(6-10)14(15,16)17/h7,9-11,18H,3-6,8H2,1-2H3. The van der Waals surface area contributed by atoms with Crippen molar-refractivity contribution in [1.82, 2.24) is 10.3 Å². The molecule has 0 saturated heterocycles. The lowest BCUT2D eigenvalue weighted by molar-refractivity contribution is -0.183. The summed E-state index contributed by atoms with van der Waals surface area (Å²) >= 11 is 0. The first kappa shape index (κ1) is 15.4.